The second-order valence-electron chi connectivity index (χ2n) is 13.1. The number of hydrogen-bond acceptors (Lipinski definition) is 8. The van der Waals surface area contributed by atoms with Crippen molar-refractivity contribution in [2.24, 2.45) is 0 Å². The van der Waals surface area contributed by atoms with Gasteiger partial charge in [-0.1, -0.05) is 23.2 Å². The van der Waals surface area contributed by atoms with E-state index in [1.807, 2.05) is 80.5 Å². The zero-order chi connectivity index (χ0) is 35.0. The molecular formula is C33H42AlCl2I2LiN2O6. The Bertz CT molecular complexity index is 1620. The van der Waals surface area contributed by atoms with Crippen molar-refractivity contribution in [1.29, 1.82) is 0 Å². The van der Waals surface area contributed by atoms with E-state index < -0.39 is 15.1 Å². The minimum atomic E-state index is -2.11. The third kappa shape index (κ3) is 16.5. The van der Waals surface area contributed by atoms with E-state index in [1.165, 1.54) is 7.11 Å². The normalized spacial score (nSPS) is 11.6. The molecule has 4 aromatic rings. The van der Waals surface area contributed by atoms with Crippen molar-refractivity contribution in [3.63, 3.8) is 0 Å². The van der Waals surface area contributed by atoms with Gasteiger partial charge in [0.05, 0.1) is 40.4 Å². The van der Waals surface area contributed by atoms with Gasteiger partial charge in [0.25, 0.3) is 0 Å². The zero-order valence-corrected chi connectivity index (χ0v) is 35.8. The summed E-state index contributed by atoms with van der Waals surface area (Å²) in [5, 5.41) is 12.0. The number of carbonyl (C=O) groups is 1. The monoisotopic (exact) mass is 920 g/mol. The Labute approximate surface area is 334 Å². The number of ether oxygens (including phenoxy) is 1. The van der Waals surface area contributed by atoms with Crippen LogP contribution in [0.1, 0.15) is 79.7 Å². The summed E-state index contributed by atoms with van der Waals surface area (Å²) in [7, 11) is 1.36. The number of halogens is 4. The summed E-state index contributed by atoms with van der Waals surface area (Å²) >= 11 is 13.9. The van der Waals surface area contributed by atoms with Crippen molar-refractivity contribution in [3.05, 3.63) is 77.1 Å². The minimum absolute atomic E-state index is 0. The Hall–Kier alpha value is -0.260. The predicted molar refractivity (Wildman–Crippen MR) is 206 cm³/mol. The molecule has 0 aliphatic carbocycles. The Kier molecular flexibility index (Phi) is 18.5. The molecule has 2 heterocycles. The molecule has 252 valence electrons. The standard InChI is InChI=1S/C11H7ClINO2.C10H7ClINO.3C4H9O.Al.Li.H/c1-16-11(15)7-2-6-3-8(12)5-14-10(6)9(13)4-7;11-8-3-7-1-6(5-14)2-9(12)10(7)13-4-8;3*1-4(2,3)5;;;/h2-5H,1H3;1-4,14H,5H2;3*1-3H3;;;/q;;3*-1;+3;+1;-1. The van der Waals surface area contributed by atoms with Gasteiger partial charge in [0.15, 0.2) is 0 Å². The number of nitrogens with zero attached hydrogens (tertiary/aromatic N) is 2. The second kappa shape index (κ2) is 19.4. The quantitative estimate of drug-likeness (QED) is 0.133. The average molecular weight is 921 g/mol. The molecule has 0 radical (unpaired) electrons. The minimum Gasteiger partial charge on any atom is -1.00 e. The van der Waals surface area contributed by atoms with Gasteiger partial charge in [-0.15, -0.1) is 0 Å². The van der Waals surface area contributed by atoms with Crippen LogP contribution in [0.4, 0.5) is 0 Å². The van der Waals surface area contributed by atoms with Crippen molar-refractivity contribution >= 4 is 111 Å². The average Bonchev–Trinajstić information content (AvgIpc) is 2.89. The van der Waals surface area contributed by atoms with Crippen LogP contribution in [0.15, 0.2) is 48.8 Å². The summed E-state index contributed by atoms with van der Waals surface area (Å²) in [5.41, 5.74) is 2.45. The molecule has 0 saturated heterocycles. The third-order valence-electron chi connectivity index (χ3n) is 5.42. The van der Waals surface area contributed by atoms with Crippen molar-refractivity contribution in [3.8, 4) is 0 Å². The molecule has 0 bridgehead atoms. The first kappa shape index (κ1) is 44.8. The molecule has 4 rings (SSSR count). The van der Waals surface area contributed by atoms with E-state index in [9.17, 15) is 4.79 Å². The summed E-state index contributed by atoms with van der Waals surface area (Å²) in [5.74, 6) is -0.361. The Morgan fingerprint density at radius 3 is 1.55 bits per heavy atom. The summed E-state index contributed by atoms with van der Waals surface area (Å²) in [6.07, 6.45) is 3.22. The molecule has 0 saturated carbocycles. The van der Waals surface area contributed by atoms with Gasteiger partial charge in [0.1, 0.15) is 0 Å². The van der Waals surface area contributed by atoms with E-state index in [-0.39, 0.29) is 49.7 Å². The number of carbonyl (C=O) groups excluding carboxylic acids is 1. The first-order valence-electron chi connectivity index (χ1n) is 14.3. The summed E-state index contributed by atoms with van der Waals surface area (Å²) in [6.45, 7) is 18.2. The fraction of sp³-hybridized carbons (Fsp3) is 0.424. The van der Waals surface area contributed by atoms with Gasteiger partial charge >= 0.3 is 40.0 Å². The molecular weight excluding hydrogens is 879 g/mol. The van der Waals surface area contributed by atoms with Crippen LogP contribution in [0.25, 0.3) is 21.8 Å². The molecule has 0 spiro atoms. The number of aromatic nitrogens is 2. The summed E-state index contributed by atoms with van der Waals surface area (Å²) < 4.78 is 24.3. The molecule has 0 fully saturated rings. The van der Waals surface area contributed by atoms with E-state index in [0.29, 0.717) is 15.6 Å². The fourth-order valence-electron chi connectivity index (χ4n) is 3.68. The number of rotatable bonds is 5. The van der Waals surface area contributed by atoms with Crippen molar-refractivity contribution in [2.45, 2.75) is 85.7 Å². The van der Waals surface area contributed by atoms with Crippen LogP contribution in [0.3, 0.4) is 0 Å². The molecule has 1 N–H and O–H groups in total. The number of fused-ring (bicyclic) bond motifs is 2. The maximum Gasteiger partial charge on any atom is 1.00 e. The maximum atomic E-state index is 11.4. The Balaban J connectivity index is 0.000000677. The largest absolute Gasteiger partial charge is 1.00 e. The number of benzene rings is 2. The van der Waals surface area contributed by atoms with Gasteiger partial charge in [-0.05, 0) is 149 Å². The van der Waals surface area contributed by atoms with Crippen LogP contribution in [-0.2, 0) is 22.7 Å². The smallest absolute Gasteiger partial charge is 1.00 e. The first-order valence-corrected chi connectivity index (χ1v) is 18.6. The fourth-order valence-corrected chi connectivity index (χ4v) is 7.53. The van der Waals surface area contributed by atoms with Crippen LogP contribution in [0.2, 0.25) is 10.0 Å². The molecule has 0 aliphatic rings. The van der Waals surface area contributed by atoms with Gasteiger partial charge in [-0.3, -0.25) is 9.97 Å². The molecule has 47 heavy (non-hydrogen) atoms. The number of pyridine rings is 2. The number of aliphatic hydroxyl groups excluding tert-OH is 1. The molecule has 0 amide bonds. The van der Waals surface area contributed by atoms with Gasteiger partial charge in [0, 0.05) is 47.1 Å². The van der Waals surface area contributed by atoms with Crippen LogP contribution in [0.5, 0.6) is 0 Å². The molecule has 0 aliphatic heterocycles. The van der Waals surface area contributed by atoms with E-state index in [1.54, 1.807) is 30.6 Å². The van der Waals surface area contributed by atoms with Crippen LogP contribution in [-0.4, -0.2) is 60.1 Å². The van der Waals surface area contributed by atoms with Gasteiger partial charge < -0.3 is 22.6 Å². The SMILES string of the molecule is CC(C)(C)[O][Al]([O]C(C)(C)C)[O]C(C)(C)C.COC(=O)c1cc(I)c2ncc(Cl)cc2c1.OCc1cc(I)c2ncc(Cl)cc2c1.[H-].[Li+]. The van der Waals surface area contributed by atoms with E-state index >= 15 is 0 Å². The summed E-state index contributed by atoms with van der Waals surface area (Å²) in [4.78, 5) is 19.9. The topological polar surface area (TPSA) is 100 Å². The van der Waals surface area contributed by atoms with Crippen molar-refractivity contribution in [1.82, 2.24) is 9.97 Å². The molecule has 0 atom stereocenters. The van der Waals surface area contributed by atoms with Gasteiger partial charge in [-0.25, -0.2) is 4.79 Å². The van der Waals surface area contributed by atoms with Crippen LogP contribution in [0, 0.1) is 7.14 Å². The van der Waals surface area contributed by atoms with Crippen LogP contribution < -0.4 is 18.9 Å². The summed E-state index contributed by atoms with van der Waals surface area (Å²) in [6, 6.07) is 10.9. The van der Waals surface area contributed by atoms with Gasteiger partial charge in [0.2, 0.25) is 0 Å². The Morgan fingerprint density at radius 1 is 0.766 bits per heavy atom. The molecule has 2 aromatic heterocycles. The maximum absolute atomic E-state index is 11.4. The zero-order valence-electron chi connectivity index (χ0n) is 29.8. The first-order chi connectivity index (χ1) is 21.1. The predicted octanol–water partition coefficient (Wildman–Crippen LogP) is 6.80. The molecule has 2 aromatic carbocycles. The van der Waals surface area contributed by atoms with E-state index in [0.717, 1.165) is 34.5 Å². The van der Waals surface area contributed by atoms with Gasteiger partial charge in [-0.2, -0.15) is 0 Å². The number of hydrogen-bond donors (Lipinski definition) is 1. The van der Waals surface area contributed by atoms with Crippen molar-refractivity contribution < 1.29 is 46.3 Å². The second-order valence-corrected chi connectivity index (χ2v) is 17.6. The number of aliphatic hydroxyl groups is 1. The van der Waals surface area contributed by atoms with Crippen LogP contribution >= 0.6 is 68.4 Å². The number of esters is 1. The van der Waals surface area contributed by atoms with E-state index in [4.69, 9.17) is 39.7 Å². The van der Waals surface area contributed by atoms with E-state index in [2.05, 4.69) is 59.9 Å². The number of methoxy groups -OCH3 is 1. The van der Waals surface area contributed by atoms with Crippen molar-refractivity contribution in [2.75, 3.05) is 7.11 Å². The molecule has 0 unspecified atom stereocenters. The molecule has 14 heteroatoms. The Morgan fingerprint density at radius 2 is 1.17 bits per heavy atom. The molecule has 8 nitrogen and oxygen atoms in total. The third-order valence-corrected chi connectivity index (χ3v) is 10.2.